The maximum absolute atomic E-state index is 4.42. The first-order valence-corrected chi connectivity index (χ1v) is 6.64. The average Bonchev–Trinajstić information content (AvgIpc) is 2.39. The van der Waals surface area contributed by atoms with Gasteiger partial charge in [0.2, 0.25) is 5.95 Å². The van der Waals surface area contributed by atoms with Crippen molar-refractivity contribution in [1.29, 1.82) is 0 Å². The van der Waals surface area contributed by atoms with Gasteiger partial charge in [-0.15, -0.1) is 0 Å². The molecular weight excluding hydrogens is 226 g/mol. The summed E-state index contributed by atoms with van der Waals surface area (Å²) in [7, 11) is 3.89. The van der Waals surface area contributed by atoms with Gasteiger partial charge in [0.05, 0.1) is 0 Å². The Morgan fingerprint density at radius 2 is 1.94 bits per heavy atom. The summed E-state index contributed by atoms with van der Waals surface area (Å²) in [6.07, 6.45) is 2.91. The summed E-state index contributed by atoms with van der Waals surface area (Å²) in [5.74, 6) is 1.64. The van der Waals surface area contributed by atoms with E-state index in [1.54, 1.807) is 6.20 Å². The van der Waals surface area contributed by atoms with E-state index in [0.717, 1.165) is 44.4 Å². The quantitative estimate of drug-likeness (QED) is 0.712. The molecule has 0 aliphatic rings. The van der Waals surface area contributed by atoms with Crippen LogP contribution in [0.15, 0.2) is 12.3 Å². The molecule has 1 aromatic rings. The summed E-state index contributed by atoms with van der Waals surface area (Å²) >= 11 is 0. The molecule has 0 bridgehead atoms. The van der Waals surface area contributed by atoms with Crippen LogP contribution in [0.25, 0.3) is 0 Å². The van der Waals surface area contributed by atoms with E-state index in [9.17, 15) is 0 Å². The van der Waals surface area contributed by atoms with Crippen molar-refractivity contribution in [2.24, 2.45) is 0 Å². The van der Waals surface area contributed by atoms with Crippen molar-refractivity contribution >= 4 is 11.8 Å². The van der Waals surface area contributed by atoms with Crippen LogP contribution in [0.2, 0.25) is 0 Å². The second kappa shape index (κ2) is 7.87. The number of anilines is 2. The van der Waals surface area contributed by atoms with Gasteiger partial charge in [-0.2, -0.15) is 4.98 Å². The Kier molecular flexibility index (Phi) is 6.43. The van der Waals surface area contributed by atoms with Gasteiger partial charge in [0, 0.05) is 26.8 Å². The summed E-state index contributed by atoms with van der Waals surface area (Å²) in [5.41, 5.74) is 0. The lowest BCUT2D eigenvalue weighted by molar-refractivity contribution is 0.303. The van der Waals surface area contributed by atoms with Gasteiger partial charge in [0.25, 0.3) is 0 Å². The van der Waals surface area contributed by atoms with Gasteiger partial charge in [-0.1, -0.05) is 13.8 Å². The lowest BCUT2D eigenvalue weighted by Gasteiger charge is -2.18. The molecule has 0 atom stereocenters. The molecule has 0 amide bonds. The fraction of sp³-hybridized carbons (Fsp3) is 0.692. The van der Waals surface area contributed by atoms with Crippen LogP contribution in [0.3, 0.4) is 0 Å². The molecule has 0 spiro atoms. The Hall–Kier alpha value is -1.36. The second-order valence-electron chi connectivity index (χ2n) is 4.44. The van der Waals surface area contributed by atoms with E-state index >= 15 is 0 Å². The molecule has 0 aliphatic carbocycles. The third-order valence-corrected chi connectivity index (χ3v) is 2.89. The van der Waals surface area contributed by atoms with Gasteiger partial charge in [-0.05, 0) is 32.1 Å². The van der Waals surface area contributed by atoms with Crippen LogP contribution >= 0.6 is 0 Å². The molecule has 0 aromatic carbocycles. The molecule has 18 heavy (non-hydrogen) atoms. The molecule has 0 saturated heterocycles. The Balaban J connectivity index is 2.33. The highest BCUT2D eigenvalue weighted by Crippen LogP contribution is 2.07. The first-order valence-electron chi connectivity index (χ1n) is 6.64. The Bertz CT molecular complexity index is 336. The topological polar surface area (TPSA) is 44.3 Å². The van der Waals surface area contributed by atoms with Crippen molar-refractivity contribution in [2.75, 3.05) is 50.5 Å². The first-order chi connectivity index (χ1) is 8.67. The van der Waals surface area contributed by atoms with E-state index in [-0.39, 0.29) is 0 Å². The average molecular weight is 251 g/mol. The number of nitrogens with one attached hydrogen (secondary N) is 1. The highest BCUT2D eigenvalue weighted by molar-refractivity contribution is 5.40. The molecule has 1 rings (SSSR count). The zero-order chi connectivity index (χ0) is 13.4. The van der Waals surface area contributed by atoms with E-state index in [1.807, 2.05) is 25.1 Å². The minimum absolute atomic E-state index is 0.740. The third kappa shape index (κ3) is 4.87. The fourth-order valence-electron chi connectivity index (χ4n) is 1.72. The van der Waals surface area contributed by atoms with Crippen LogP contribution in [0.5, 0.6) is 0 Å². The lowest BCUT2D eigenvalue weighted by atomic mass is 10.3. The standard InChI is InChI=1S/C13H25N5/c1-5-18(6-2)11-7-9-14-12-8-10-15-13(16-12)17(3)4/h8,10H,5-7,9,11H2,1-4H3,(H,14,15,16). The van der Waals surface area contributed by atoms with E-state index in [0.29, 0.717) is 0 Å². The minimum Gasteiger partial charge on any atom is -0.370 e. The van der Waals surface area contributed by atoms with Gasteiger partial charge in [-0.25, -0.2) is 4.98 Å². The molecule has 0 fully saturated rings. The van der Waals surface area contributed by atoms with Crippen LogP contribution in [0, 0.1) is 0 Å². The van der Waals surface area contributed by atoms with Gasteiger partial charge in [0.1, 0.15) is 5.82 Å². The number of hydrogen-bond acceptors (Lipinski definition) is 5. The second-order valence-corrected chi connectivity index (χ2v) is 4.44. The molecule has 1 heterocycles. The highest BCUT2D eigenvalue weighted by atomic mass is 15.2. The number of nitrogens with zero attached hydrogens (tertiary/aromatic N) is 4. The predicted molar refractivity (Wildman–Crippen MR) is 77.3 cm³/mol. The molecule has 0 unspecified atom stereocenters. The third-order valence-electron chi connectivity index (χ3n) is 2.89. The van der Waals surface area contributed by atoms with Crippen LogP contribution < -0.4 is 10.2 Å². The number of hydrogen-bond donors (Lipinski definition) is 1. The maximum Gasteiger partial charge on any atom is 0.226 e. The zero-order valence-corrected chi connectivity index (χ0v) is 12.0. The van der Waals surface area contributed by atoms with Crippen molar-refractivity contribution in [3.8, 4) is 0 Å². The molecule has 5 heteroatoms. The van der Waals surface area contributed by atoms with Crippen LogP contribution in [0.4, 0.5) is 11.8 Å². The fourth-order valence-corrected chi connectivity index (χ4v) is 1.72. The molecule has 5 nitrogen and oxygen atoms in total. The van der Waals surface area contributed by atoms with Crippen LogP contribution in [-0.2, 0) is 0 Å². The van der Waals surface area contributed by atoms with Gasteiger partial charge < -0.3 is 15.1 Å². The summed E-state index contributed by atoms with van der Waals surface area (Å²) in [6.45, 7) is 8.71. The van der Waals surface area contributed by atoms with Gasteiger partial charge in [-0.3, -0.25) is 0 Å². The van der Waals surface area contributed by atoms with Crippen LogP contribution in [-0.4, -0.2) is 55.1 Å². The molecule has 102 valence electrons. The summed E-state index contributed by atoms with van der Waals surface area (Å²) in [6, 6.07) is 1.91. The van der Waals surface area contributed by atoms with Gasteiger partial charge >= 0.3 is 0 Å². The molecule has 0 radical (unpaired) electrons. The molecule has 1 aromatic heterocycles. The van der Waals surface area contributed by atoms with E-state index in [1.165, 1.54) is 0 Å². The van der Waals surface area contributed by atoms with Gasteiger partial charge in [0.15, 0.2) is 0 Å². The largest absolute Gasteiger partial charge is 0.370 e. The van der Waals surface area contributed by atoms with Crippen LogP contribution in [0.1, 0.15) is 20.3 Å². The smallest absolute Gasteiger partial charge is 0.226 e. The predicted octanol–water partition coefficient (Wildman–Crippen LogP) is 1.69. The minimum atomic E-state index is 0.740. The Labute approximate surface area is 110 Å². The van der Waals surface area contributed by atoms with E-state index in [4.69, 9.17) is 0 Å². The summed E-state index contributed by atoms with van der Waals surface area (Å²) in [4.78, 5) is 12.9. The molecule has 0 aliphatic heterocycles. The number of aromatic nitrogens is 2. The highest BCUT2D eigenvalue weighted by Gasteiger charge is 2.01. The van der Waals surface area contributed by atoms with E-state index in [2.05, 4.69) is 34.0 Å². The Morgan fingerprint density at radius 1 is 1.22 bits per heavy atom. The molecule has 1 N–H and O–H groups in total. The molecular formula is C13H25N5. The van der Waals surface area contributed by atoms with Crippen molar-refractivity contribution in [3.63, 3.8) is 0 Å². The van der Waals surface area contributed by atoms with E-state index < -0.39 is 0 Å². The first kappa shape index (κ1) is 14.7. The summed E-state index contributed by atoms with van der Waals surface area (Å²) in [5, 5.41) is 3.34. The van der Waals surface area contributed by atoms with Crippen molar-refractivity contribution in [1.82, 2.24) is 14.9 Å². The zero-order valence-electron chi connectivity index (χ0n) is 12.0. The normalized spacial score (nSPS) is 10.7. The van der Waals surface area contributed by atoms with Crippen molar-refractivity contribution in [3.05, 3.63) is 12.3 Å². The van der Waals surface area contributed by atoms with Crippen molar-refractivity contribution in [2.45, 2.75) is 20.3 Å². The monoisotopic (exact) mass is 251 g/mol. The number of rotatable bonds is 8. The maximum atomic E-state index is 4.42. The summed E-state index contributed by atoms with van der Waals surface area (Å²) < 4.78 is 0. The lowest BCUT2D eigenvalue weighted by Crippen LogP contribution is -2.25. The van der Waals surface area contributed by atoms with Crippen molar-refractivity contribution < 1.29 is 0 Å². The molecule has 0 saturated carbocycles. The SMILES string of the molecule is CCN(CC)CCCNc1ccnc(N(C)C)n1. The Morgan fingerprint density at radius 3 is 2.56 bits per heavy atom.